The Morgan fingerprint density at radius 1 is 1.29 bits per heavy atom. The van der Waals surface area contributed by atoms with Crippen molar-refractivity contribution in [3.63, 3.8) is 0 Å². The molecule has 0 saturated carbocycles. The molecule has 1 unspecified atom stereocenters. The number of amides is 1. The van der Waals surface area contributed by atoms with Gasteiger partial charge in [-0.3, -0.25) is 4.79 Å². The molecule has 1 atom stereocenters. The summed E-state index contributed by atoms with van der Waals surface area (Å²) in [5.74, 6) is 0.663. The Hall–Kier alpha value is -3.03. The van der Waals surface area contributed by atoms with Crippen molar-refractivity contribution in [3.8, 4) is 0 Å². The van der Waals surface area contributed by atoms with Crippen molar-refractivity contribution in [2.45, 2.75) is 32.9 Å². The smallest absolute Gasteiger partial charge is 0.225 e. The number of hydrogen-bond acceptors (Lipinski definition) is 5. The third kappa shape index (κ3) is 3.48. The molecule has 1 aromatic carbocycles. The van der Waals surface area contributed by atoms with Gasteiger partial charge in [0.1, 0.15) is 18.7 Å². The van der Waals surface area contributed by atoms with E-state index >= 15 is 0 Å². The van der Waals surface area contributed by atoms with E-state index in [9.17, 15) is 4.79 Å². The second-order valence-corrected chi connectivity index (χ2v) is 5.72. The maximum atomic E-state index is 11.2. The first-order valence-electron chi connectivity index (χ1n) is 7.64. The number of carbonyl (C=O) groups is 1. The Kier molecular flexibility index (Phi) is 4.37. The van der Waals surface area contributed by atoms with Crippen molar-refractivity contribution >= 4 is 5.91 Å². The van der Waals surface area contributed by atoms with Crippen LogP contribution in [-0.4, -0.2) is 35.4 Å². The van der Waals surface area contributed by atoms with E-state index in [4.69, 9.17) is 5.73 Å². The Labute approximate surface area is 139 Å². The fourth-order valence-electron chi connectivity index (χ4n) is 2.46. The van der Waals surface area contributed by atoms with Crippen molar-refractivity contribution in [1.29, 1.82) is 0 Å². The molecule has 0 aliphatic rings. The summed E-state index contributed by atoms with van der Waals surface area (Å²) in [6.07, 6.45) is 3.11. The molecule has 0 aliphatic carbocycles. The molecule has 3 rings (SSSR count). The number of rotatable bonds is 6. The summed E-state index contributed by atoms with van der Waals surface area (Å²) < 4.78 is 3.49. The lowest BCUT2D eigenvalue weighted by molar-refractivity contribution is -0.117. The lowest BCUT2D eigenvalue weighted by Gasteiger charge is -2.12. The number of carbonyl (C=O) groups excluding carboxylic acids is 1. The number of nitrogens with two attached hydrogens (primary N) is 1. The molecule has 3 aromatic rings. The van der Waals surface area contributed by atoms with E-state index in [1.807, 2.05) is 13.8 Å². The van der Waals surface area contributed by atoms with Gasteiger partial charge in [-0.15, -0.1) is 0 Å². The first-order valence-corrected chi connectivity index (χ1v) is 7.64. The van der Waals surface area contributed by atoms with Gasteiger partial charge in [-0.05, 0) is 19.4 Å². The predicted octanol–water partition coefficient (Wildman–Crippen LogP) is 0.863. The average molecular weight is 325 g/mol. The topological polar surface area (TPSA) is 105 Å². The number of aromatic nitrogens is 6. The molecule has 0 fully saturated rings. The zero-order chi connectivity index (χ0) is 17.1. The number of benzene rings is 1. The van der Waals surface area contributed by atoms with Crippen LogP contribution in [0.15, 0.2) is 36.9 Å². The van der Waals surface area contributed by atoms with Crippen molar-refractivity contribution in [1.82, 2.24) is 29.5 Å². The van der Waals surface area contributed by atoms with Gasteiger partial charge < -0.3 is 5.73 Å². The summed E-state index contributed by atoms with van der Waals surface area (Å²) in [5.41, 5.74) is 7.57. The number of primary amides is 1. The van der Waals surface area contributed by atoms with Crippen LogP contribution in [0.4, 0.5) is 0 Å². The maximum absolute atomic E-state index is 11.2. The molecule has 0 radical (unpaired) electrons. The first-order chi connectivity index (χ1) is 11.5. The summed E-state index contributed by atoms with van der Waals surface area (Å²) in [6.45, 7) is 4.56. The van der Waals surface area contributed by atoms with Gasteiger partial charge in [0.25, 0.3) is 0 Å². The average Bonchev–Trinajstić information content (AvgIpc) is 3.18. The van der Waals surface area contributed by atoms with Crippen molar-refractivity contribution in [2.24, 2.45) is 5.73 Å². The highest BCUT2D eigenvalue weighted by Gasteiger charge is 2.19. The molecule has 0 aliphatic heterocycles. The van der Waals surface area contributed by atoms with Crippen LogP contribution < -0.4 is 5.73 Å². The van der Waals surface area contributed by atoms with Gasteiger partial charge in [0.2, 0.25) is 5.91 Å². The standard InChI is InChI=1S/C16H19N7O/c1-11-3-5-13(6-4-11)8-22-16(12(2)23-10-18-9-19-23)20-15(21-22)7-14(17)24/h3-6,9-10,12H,7-8H2,1-2H3,(H2,17,24). The molecule has 8 nitrogen and oxygen atoms in total. The van der Waals surface area contributed by atoms with Gasteiger partial charge in [-0.2, -0.15) is 10.2 Å². The highest BCUT2D eigenvalue weighted by atomic mass is 16.1. The molecule has 2 aromatic heterocycles. The van der Waals surface area contributed by atoms with Gasteiger partial charge in [0.15, 0.2) is 11.6 Å². The molecule has 2 heterocycles. The molecule has 24 heavy (non-hydrogen) atoms. The largest absolute Gasteiger partial charge is 0.369 e. The Balaban J connectivity index is 1.94. The van der Waals surface area contributed by atoms with Crippen molar-refractivity contribution in [3.05, 3.63) is 59.7 Å². The molecule has 0 spiro atoms. The fourth-order valence-corrected chi connectivity index (χ4v) is 2.46. The van der Waals surface area contributed by atoms with E-state index in [0.29, 0.717) is 18.2 Å². The van der Waals surface area contributed by atoms with E-state index in [-0.39, 0.29) is 12.5 Å². The third-order valence-electron chi connectivity index (χ3n) is 3.74. The lowest BCUT2D eigenvalue weighted by Crippen LogP contribution is -2.15. The molecule has 8 heteroatoms. The minimum Gasteiger partial charge on any atom is -0.369 e. The van der Waals surface area contributed by atoms with Crippen LogP contribution in [0.3, 0.4) is 0 Å². The Bertz CT molecular complexity index is 821. The first kappa shape index (κ1) is 15.9. The van der Waals surface area contributed by atoms with Crippen molar-refractivity contribution in [2.75, 3.05) is 0 Å². The van der Waals surface area contributed by atoms with Gasteiger partial charge in [0, 0.05) is 0 Å². The van der Waals surface area contributed by atoms with E-state index in [0.717, 1.165) is 5.56 Å². The zero-order valence-corrected chi connectivity index (χ0v) is 13.6. The molecule has 2 N–H and O–H groups in total. The Morgan fingerprint density at radius 2 is 2.04 bits per heavy atom. The summed E-state index contributed by atoms with van der Waals surface area (Å²) >= 11 is 0. The monoisotopic (exact) mass is 325 g/mol. The molecular formula is C16H19N7O. The van der Waals surface area contributed by atoms with Crippen LogP contribution >= 0.6 is 0 Å². The maximum Gasteiger partial charge on any atom is 0.225 e. The van der Waals surface area contributed by atoms with Crippen LogP contribution in [0.2, 0.25) is 0 Å². The fraction of sp³-hybridized carbons (Fsp3) is 0.312. The molecule has 124 valence electrons. The molecule has 0 saturated heterocycles. The van der Waals surface area contributed by atoms with Crippen molar-refractivity contribution < 1.29 is 4.79 Å². The summed E-state index contributed by atoms with van der Waals surface area (Å²) in [5, 5.41) is 8.60. The summed E-state index contributed by atoms with van der Waals surface area (Å²) in [6, 6.07) is 8.05. The van der Waals surface area contributed by atoms with Crippen LogP contribution in [0.1, 0.15) is 35.7 Å². The second kappa shape index (κ2) is 6.61. The molecule has 1 amide bonds. The van der Waals surface area contributed by atoms with E-state index in [2.05, 4.69) is 44.4 Å². The second-order valence-electron chi connectivity index (χ2n) is 5.72. The van der Waals surface area contributed by atoms with Crippen LogP contribution in [-0.2, 0) is 17.8 Å². The lowest BCUT2D eigenvalue weighted by atomic mass is 10.1. The zero-order valence-electron chi connectivity index (χ0n) is 13.6. The summed E-state index contributed by atoms with van der Waals surface area (Å²) in [4.78, 5) is 19.6. The summed E-state index contributed by atoms with van der Waals surface area (Å²) in [7, 11) is 0. The number of nitrogens with zero attached hydrogens (tertiary/aromatic N) is 6. The highest BCUT2D eigenvalue weighted by molar-refractivity contribution is 5.75. The normalized spacial score (nSPS) is 12.2. The predicted molar refractivity (Wildman–Crippen MR) is 87.0 cm³/mol. The Morgan fingerprint density at radius 3 is 2.67 bits per heavy atom. The SMILES string of the molecule is Cc1ccc(Cn2nc(CC(N)=O)nc2C(C)n2cncn2)cc1. The highest BCUT2D eigenvalue weighted by Crippen LogP contribution is 2.16. The quantitative estimate of drug-likeness (QED) is 0.724. The minimum atomic E-state index is -0.456. The molecular weight excluding hydrogens is 306 g/mol. The van der Waals surface area contributed by atoms with Crippen LogP contribution in [0, 0.1) is 6.92 Å². The van der Waals surface area contributed by atoms with Crippen LogP contribution in [0.5, 0.6) is 0 Å². The number of aryl methyl sites for hydroxylation is 1. The van der Waals surface area contributed by atoms with Gasteiger partial charge in [0.05, 0.1) is 13.0 Å². The number of hydrogen-bond donors (Lipinski definition) is 1. The molecule has 0 bridgehead atoms. The third-order valence-corrected chi connectivity index (χ3v) is 3.74. The van der Waals surface area contributed by atoms with Crippen LogP contribution in [0.25, 0.3) is 0 Å². The van der Waals surface area contributed by atoms with E-state index in [1.165, 1.54) is 11.9 Å². The van der Waals surface area contributed by atoms with Gasteiger partial charge in [-0.1, -0.05) is 29.8 Å². The minimum absolute atomic E-state index is 0.0119. The van der Waals surface area contributed by atoms with E-state index < -0.39 is 5.91 Å². The van der Waals surface area contributed by atoms with E-state index in [1.54, 1.807) is 15.7 Å². The van der Waals surface area contributed by atoms with Gasteiger partial charge >= 0.3 is 0 Å². The van der Waals surface area contributed by atoms with Gasteiger partial charge in [-0.25, -0.2) is 19.3 Å².